The standard InChI is InChI=1S/C16H21N3/c1-11-16(12(2)19(3)18-11)17-10-13-4-6-14(7-5-13)15-8-9-15/h4-7,15,17H,8-10H2,1-3H3. The van der Waals surface area contributed by atoms with Crippen molar-refractivity contribution in [2.75, 3.05) is 5.32 Å². The molecule has 0 radical (unpaired) electrons. The highest BCUT2D eigenvalue weighted by Crippen LogP contribution is 2.39. The minimum atomic E-state index is 0.838. The molecule has 100 valence electrons. The number of aryl methyl sites for hydroxylation is 2. The van der Waals surface area contributed by atoms with Gasteiger partial charge in [0.25, 0.3) is 0 Å². The van der Waals surface area contributed by atoms with Crippen LogP contribution in [0.3, 0.4) is 0 Å². The van der Waals surface area contributed by atoms with Gasteiger partial charge in [-0.15, -0.1) is 0 Å². The monoisotopic (exact) mass is 255 g/mol. The average Bonchev–Trinajstić information content (AvgIpc) is 3.20. The van der Waals surface area contributed by atoms with Crippen LogP contribution in [-0.4, -0.2) is 9.78 Å². The van der Waals surface area contributed by atoms with Gasteiger partial charge in [0.2, 0.25) is 0 Å². The maximum atomic E-state index is 4.42. The van der Waals surface area contributed by atoms with Crippen molar-refractivity contribution in [3.63, 3.8) is 0 Å². The average molecular weight is 255 g/mol. The van der Waals surface area contributed by atoms with E-state index in [2.05, 4.69) is 41.6 Å². The topological polar surface area (TPSA) is 29.9 Å². The fourth-order valence-corrected chi connectivity index (χ4v) is 2.54. The van der Waals surface area contributed by atoms with Gasteiger partial charge in [-0.2, -0.15) is 5.10 Å². The van der Waals surface area contributed by atoms with E-state index in [1.807, 2.05) is 18.7 Å². The van der Waals surface area contributed by atoms with Crippen molar-refractivity contribution in [2.24, 2.45) is 7.05 Å². The lowest BCUT2D eigenvalue weighted by Crippen LogP contribution is -2.02. The molecule has 0 atom stereocenters. The summed E-state index contributed by atoms with van der Waals surface area (Å²) < 4.78 is 1.92. The summed E-state index contributed by atoms with van der Waals surface area (Å²) in [6.45, 7) is 5.00. The van der Waals surface area contributed by atoms with E-state index in [0.717, 1.165) is 23.8 Å². The van der Waals surface area contributed by atoms with Crippen molar-refractivity contribution in [1.29, 1.82) is 0 Å². The van der Waals surface area contributed by atoms with Crippen LogP contribution in [0.2, 0.25) is 0 Å². The van der Waals surface area contributed by atoms with E-state index in [4.69, 9.17) is 0 Å². The molecule has 3 heteroatoms. The molecule has 1 aliphatic rings. The Morgan fingerprint density at radius 2 is 1.89 bits per heavy atom. The van der Waals surface area contributed by atoms with Gasteiger partial charge in [0.1, 0.15) is 0 Å². The maximum Gasteiger partial charge on any atom is 0.0827 e. The van der Waals surface area contributed by atoms with E-state index >= 15 is 0 Å². The Balaban J connectivity index is 1.68. The number of nitrogens with one attached hydrogen (secondary N) is 1. The number of nitrogens with zero attached hydrogens (tertiary/aromatic N) is 2. The van der Waals surface area contributed by atoms with E-state index in [1.54, 1.807) is 0 Å². The molecule has 0 aliphatic heterocycles. The minimum Gasteiger partial charge on any atom is -0.378 e. The summed E-state index contributed by atoms with van der Waals surface area (Å²) in [6, 6.07) is 9.03. The molecule has 0 spiro atoms. The Kier molecular flexibility index (Phi) is 3.05. The summed E-state index contributed by atoms with van der Waals surface area (Å²) in [6.07, 6.45) is 2.73. The van der Waals surface area contributed by atoms with Crippen molar-refractivity contribution in [2.45, 2.75) is 39.2 Å². The number of rotatable bonds is 4. The van der Waals surface area contributed by atoms with E-state index in [9.17, 15) is 0 Å². The zero-order valence-electron chi connectivity index (χ0n) is 11.9. The first-order valence-electron chi connectivity index (χ1n) is 6.98. The van der Waals surface area contributed by atoms with Gasteiger partial charge in [0, 0.05) is 13.6 Å². The molecule has 3 nitrogen and oxygen atoms in total. The van der Waals surface area contributed by atoms with Crippen molar-refractivity contribution in [3.05, 3.63) is 46.8 Å². The van der Waals surface area contributed by atoms with Crippen LogP contribution >= 0.6 is 0 Å². The van der Waals surface area contributed by atoms with Gasteiger partial charge in [0.15, 0.2) is 0 Å². The minimum absolute atomic E-state index is 0.838. The normalized spacial score (nSPS) is 14.7. The van der Waals surface area contributed by atoms with Crippen LogP contribution in [0.1, 0.15) is 41.3 Å². The van der Waals surface area contributed by atoms with Gasteiger partial charge >= 0.3 is 0 Å². The third-order valence-corrected chi connectivity index (χ3v) is 4.01. The van der Waals surface area contributed by atoms with Crippen LogP contribution in [0.5, 0.6) is 0 Å². The quantitative estimate of drug-likeness (QED) is 0.905. The van der Waals surface area contributed by atoms with Gasteiger partial charge in [-0.1, -0.05) is 24.3 Å². The van der Waals surface area contributed by atoms with Gasteiger partial charge in [-0.05, 0) is 43.7 Å². The third-order valence-electron chi connectivity index (χ3n) is 4.01. The van der Waals surface area contributed by atoms with E-state index in [1.165, 1.54) is 29.7 Å². The molecule has 1 aliphatic carbocycles. The number of hydrogen-bond acceptors (Lipinski definition) is 2. The van der Waals surface area contributed by atoms with Crippen molar-refractivity contribution in [1.82, 2.24) is 9.78 Å². The fraction of sp³-hybridized carbons (Fsp3) is 0.438. The molecule has 0 bridgehead atoms. The second-order valence-electron chi connectivity index (χ2n) is 5.54. The molecular formula is C16H21N3. The van der Waals surface area contributed by atoms with Crippen LogP contribution < -0.4 is 5.32 Å². The van der Waals surface area contributed by atoms with Gasteiger partial charge in [-0.3, -0.25) is 4.68 Å². The second kappa shape index (κ2) is 4.72. The SMILES string of the molecule is Cc1nn(C)c(C)c1NCc1ccc(C2CC2)cc1. The van der Waals surface area contributed by atoms with Crippen LogP contribution in [0, 0.1) is 13.8 Å². The first kappa shape index (κ1) is 12.3. The lowest BCUT2D eigenvalue weighted by atomic mass is 10.1. The van der Waals surface area contributed by atoms with E-state index in [-0.39, 0.29) is 0 Å². The molecule has 1 saturated carbocycles. The fourth-order valence-electron chi connectivity index (χ4n) is 2.54. The molecule has 1 heterocycles. The van der Waals surface area contributed by atoms with Crippen LogP contribution in [0.25, 0.3) is 0 Å². The predicted molar refractivity (Wildman–Crippen MR) is 78.4 cm³/mol. The summed E-state index contributed by atoms with van der Waals surface area (Å²) in [5, 5.41) is 7.92. The Bertz CT molecular complexity index is 577. The number of aromatic nitrogens is 2. The first-order valence-corrected chi connectivity index (χ1v) is 6.98. The first-order chi connectivity index (χ1) is 9.15. The van der Waals surface area contributed by atoms with Crippen LogP contribution in [0.4, 0.5) is 5.69 Å². The number of hydrogen-bond donors (Lipinski definition) is 1. The third kappa shape index (κ3) is 2.50. The summed E-state index contributed by atoms with van der Waals surface area (Å²) in [4.78, 5) is 0. The summed E-state index contributed by atoms with van der Waals surface area (Å²) in [5.41, 5.74) is 6.24. The largest absolute Gasteiger partial charge is 0.378 e. The zero-order chi connectivity index (χ0) is 13.4. The summed E-state index contributed by atoms with van der Waals surface area (Å²) >= 11 is 0. The van der Waals surface area contributed by atoms with E-state index in [0.29, 0.717) is 0 Å². The number of anilines is 1. The molecule has 1 aromatic carbocycles. The highest BCUT2D eigenvalue weighted by Gasteiger charge is 2.22. The molecule has 1 aromatic heterocycles. The second-order valence-corrected chi connectivity index (χ2v) is 5.54. The summed E-state index contributed by atoms with van der Waals surface area (Å²) in [7, 11) is 1.98. The van der Waals surface area contributed by atoms with E-state index < -0.39 is 0 Å². The zero-order valence-corrected chi connectivity index (χ0v) is 11.9. The lowest BCUT2D eigenvalue weighted by molar-refractivity contribution is 0.731. The molecule has 0 amide bonds. The molecule has 19 heavy (non-hydrogen) atoms. The molecular weight excluding hydrogens is 234 g/mol. The molecule has 0 saturated heterocycles. The maximum absolute atomic E-state index is 4.42. The van der Waals surface area contributed by atoms with Crippen LogP contribution in [-0.2, 0) is 13.6 Å². The van der Waals surface area contributed by atoms with Gasteiger partial charge < -0.3 is 5.32 Å². The Morgan fingerprint density at radius 1 is 1.21 bits per heavy atom. The Labute approximate surface area is 114 Å². The summed E-state index contributed by atoms with van der Waals surface area (Å²) in [5.74, 6) is 0.838. The van der Waals surface area contributed by atoms with Gasteiger partial charge in [0.05, 0.1) is 17.1 Å². The molecule has 0 unspecified atom stereocenters. The smallest absolute Gasteiger partial charge is 0.0827 e. The highest BCUT2D eigenvalue weighted by molar-refractivity contribution is 5.52. The molecule has 3 rings (SSSR count). The van der Waals surface area contributed by atoms with Crippen molar-refractivity contribution >= 4 is 5.69 Å². The predicted octanol–water partition coefficient (Wildman–Crippen LogP) is 3.53. The molecule has 1 N–H and O–H groups in total. The molecule has 2 aromatic rings. The van der Waals surface area contributed by atoms with Gasteiger partial charge in [-0.25, -0.2) is 0 Å². The van der Waals surface area contributed by atoms with Crippen molar-refractivity contribution < 1.29 is 0 Å². The van der Waals surface area contributed by atoms with Crippen molar-refractivity contribution in [3.8, 4) is 0 Å². The Morgan fingerprint density at radius 3 is 2.42 bits per heavy atom. The molecule has 1 fully saturated rings. The highest BCUT2D eigenvalue weighted by atomic mass is 15.3. The number of benzene rings is 1. The Hall–Kier alpha value is -1.77. The van der Waals surface area contributed by atoms with Crippen LogP contribution in [0.15, 0.2) is 24.3 Å². The lowest BCUT2D eigenvalue weighted by Gasteiger charge is -2.08.